The molecule has 0 unspecified atom stereocenters. The van der Waals surface area contributed by atoms with Crippen LogP contribution in [0.1, 0.15) is 16.5 Å². The lowest BCUT2D eigenvalue weighted by Gasteiger charge is -2.27. The van der Waals surface area contributed by atoms with Gasteiger partial charge in [0.15, 0.2) is 0 Å². The molecule has 0 aliphatic carbocycles. The van der Waals surface area contributed by atoms with Crippen LogP contribution in [0.2, 0.25) is 5.02 Å². The summed E-state index contributed by atoms with van der Waals surface area (Å²) in [6, 6.07) is 27.8. The first-order chi connectivity index (χ1) is 15.6. The van der Waals surface area contributed by atoms with Gasteiger partial charge in [-0.1, -0.05) is 70.0 Å². The number of thioether (sulfide) groups is 1. The summed E-state index contributed by atoms with van der Waals surface area (Å²) in [4.78, 5) is 14.8. The van der Waals surface area contributed by atoms with Crippen molar-refractivity contribution in [2.45, 2.75) is 12.0 Å². The Morgan fingerprint density at radius 2 is 1.72 bits per heavy atom. The van der Waals surface area contributed by atoms with Crippen molar-refractivity contribution >= 4 is 61.7 Å². The van der Waals surface area contributed by atoms with Gasteiger partial charge in [0.05, 0.1) is 5.75 Å². The first-order valence-electron chi connectivity index (χ1n) is 10.2. The molecule has 0 N–H and O–H groups in total. The molecule has 1 atom stereocenters. The average Bonchev–Trinajstić information content (AvgIpc) is 3.19. The van der Waals surface area contributed by atoms with Crippen LogP contribution in [0.25, 0.3) is 10.8 Å². The lowest BCUT2D eigenvalue weighted by atomic mass is 10.0. The fourth-order valence-corrected chi connectivity index (χ4v) is 5.54. The molecule has 1 heterocycles. The normalized spacial score (nSPS) is 16.0. The third-order valence-corrected chi connectivity index (χ3v) is 7.41. The molecule has 1 aliphatic heterocycles. The third-order valence-electron chi connectivity index (χ3n) is 5.46. The first kappa shape index (κ1) is 21.4. The van der Waals surface area contributed by atoms with E-state index >= 15 is 0 Å². The number of anilines is 1. The number of fused-ring (bicyclic) bond motifs is 1. The van der Waals surface area contributed by atoms with E-state index in [0.717, 1.165) is 37.8 Å². The van der Waals surface area contributed by atoms with Crippen LogP contribution in [0, 0.1) is 0 Å². The van der Waals surface area contributed by atoms with Crippen molar-refractivity contribution in [1.29, 1.82) is 0 Å². The van der Waals surface area contributed by atoms with Crippen LogP contribution < -0.4 is 9.64 Å². The predicted octanol–water partition coefficient (Wildman–Crippen LogP) is 7.61. The maximum absolute atomic E-state index is 12.9. The summed E-state index contributed by atoms with van der Waals surface area (Å²) < 4.78 is 7.37. The summed E-state index contributed by atoms with van der Waals surface area (Å²) in [7, 11) is 0. The highest BCUT2D eigenvalue weighted by Crippen LogP contribution is 2.47. The second kappa shape index (κ2) is 9.18. The van der Waals surface area contributed by atoms with Crippen LogP contribution >= 0.6 is 39.3 Å². The van der Waals surface area contributed by atoms with E-state index in [1.807, 2.05) is 71.6 Å². The minimum absolute atomic E-state index is 0.0779. The Hall–Kier alpha value is -2.47. The Balaban J connectivity index is 1.57. The molecule has 1 aliphatic rings. The maximum atomic E-state index is 12.9. The van der Waals surface area contributed by atoms with Gasteiger partial charge >= 0.3 is 0 Å². The van der Waals surface area contributed by atoms with Gasteiger partial charge in [0.1, 0.15) is 17.7 Å². The van der Waals surface area contributed by atoms with Gasteiger partial charge in [0.2, 0.25) is 5.91 Å². The molecule has 0 radical (unpaired) electrons. The zero-order valence-corrected chi connectivity index (χ0v) is 20.2. The highest BCUT2D eigenvalue weighted by Gasteiger charge is 2.36. The molecule has 32 heavy (non-hydrogen) atoms. The molecule has 0 aromatic heterocycles. The summed E-state index contributed by atoms with van der Waals surface area (Å²) in [6.45, 7) is 0.449. The van der Waals surface area contributed by atoms with Crippen molar-refractivity contribution in [3.63, 3.8) is 0 Å². The Morgan fingerprint density at radius 3 is 2.50 bits per heavy atom. The number of ether oxygens (including phenoxy) is 1. The molecule has 1 saturated heterocycles. The molecule has 0 spiro atoms. The van der Waals surface area contributed by atoms with Crippen molar-refractivity contribution in [2.24, 2.45) is 0 Å². The number of nitrogens with zero attached hydrogens (tertiary/aromatic N) is 1. The van der Waals surface area contributed by atoms with Gasteiger partial charge in [-0.25, -0.2) is 0 Å². The monoisotopic (exact) mass is 523 g/mol. The number of carbonyl (C=O) groups excluding carboxylic acids is 1. The highest BCUT2D eigenvalue weighted by molar-refractivity contribution is 9.10. The minimum atomic E-state index is -0.185. The van der Waals surface area contributed by atoms with E-state index in [-0.39, 0.29) is 11.3 Å². The van der Waals surface area contributed by atoms with Gasteiger partial charge in [-0.3, -0.25) is 9.69 Å². The predicted molar refractivity (Wildman–Crippen MR) is 137 cm³/mol. The largest absolute Gasteiger partial charge is 0.488 e. The lowest BCUT2D eigenvalue weighted by molar-refractivity contribution is -0.115. The zero-order valence-electron chi connectivity index (χ0n) is 17.0. The smallest absolute Gasteiger partial charge is 0.238 e. The quantitative estimate of drug-likeness (QED) is 0.269. The number of rotatable bonds is 5. The average molecular weight is 525 g/mol. The molecular weight excluding hydrogens is 506 g/mol. The van der Waals surface area contributed by atoms with Crippen LogP contribution in [0.15, 0.2) is 89.4 Å². The molecule has 6 heteroatoms. The van der Waals surface area contributed by atoms with Gasteiger partial charge in [0, 0.05) is 20.7 Å². The summed E-state index contributed by atoms with van der Waals surface area (Å²) in [5.41, 5.74) is 2.93. The summed E-state index contributed by atoms with van der Waals surface area (Å²) in [6.07, 6.45) is 0. The zero-order chi connectivity index (χ0) is 22.1. The highest BCUT2D eigenvalue weighted by atomic mass is 79.9. The molecule has 1 fully saturated rings. The fourth-order valence-electron chi connectivity index (χ4n) is 3.92. The molecule has 0 saturated carbocycles. The van der Waals surface area contributed by atoms with Crippen LogP contribution in [-0.4, -0.2) is 11.7 Å². The van der Waals surface area contributed by atoms with Crippen molar-refractivity contribution in [3.05, 3.63) is 106 Å². The molecule has 160 valence electrons. The Bertz CT molecular complexity index is 1280. The Morgan fingerprint density at radius 1 is 0.969 bits per heavy atom. The van der Waals surface area contributed by atoms with Gasteiger partial charge in [-0.2, -0.15) is 0 Å². The Kier molecular flexibility index (Phi) is 6.13. The number of hydrogen-bond donors (Lipinski definition) is 0. The Labute approximate surface area is 204 Å². The number of hydrogen-bond acceptors (Lipinski definition) is 3. The van der Waals surface area contributed by atoms with Crippen molar-refractivity contribution < 1.29 is 9.53 Å². The molecule has 4 aromatic carbocycles. The van der Waals surface area contributed by atoms with Gasteiger partial charge in [-0.15, -0.1) is 11.8 Å². The number of amides is 1. The first-order valence-corrected chi connectivity index (χ1v) is 12.4. The van der Waals surface area contributed by atoms with Gasteiger partial charge < -0.3 is 4.74 Å². The van der Waals surface area contributed by atoms with Crippen molar-refractivity contribution in [3.8, 4) is 5.75 Å². The van der Waals surface area contributed by atoms with E-state index in [4.69, 9.17) is 16.3 Å². The molecule has 5 rings (SSSR count). The molecular formula is C26H19BrClNO2S. The summed E-state index contributed by atoms with van der Waals surface area (Å²) >= 11 is 11.2. The van der Waals surface area contributed by atoms with Crippen LogP contribution in [0.5, 0.6) is 5.75 Å². The molecule has 0 bridgehead atoms. The van der Waals surface area contributed by atoms with Crippen LogP contribution in [0.4, 0.5) is 5.69 Å². The molecule has 4 aromatic rings. The van der Waals surface area contributed by atoms with Gasteiger partial charge in [-0.05, 0) is 58.8 Å². The standard InChI is InChI=1S/C26H19BrClNO2S/c27-19-8-5-17(6-9-19)15-31-23-14-7-18-3-1-2-4-22(18)25(23)26-29(24(30)16-32-26)21-12-10-20(28)11-13-21/h1-14,26H,15-16H2/t26-/m1/s1. The lowest BCUT2D eigenvalue weighted by Crippen LogP contribution is -2.28. The van der Waals surface area contributed by atoms with E-state index in [1.165, 1.54) is 0 Å². The van der Waals surface area contributed by atoms with Crippen LogP contribution in [-0.2, 0) is 11.4 Å². The summed E-state index contributed by atoms with van der Waals surface area (Å²) in [5, 5.41) is 2.67. The van der Waals surface area contributed by atoms with E-state index in [1.54, 1.807) is 11.8 Å². The molecule has 3 nitrogen and oxygen atoms in total. The topological polar surface area (TPSA) is 29.5 Å². The van der Waals surface area contributed by atoms with Crippen LogP contribution in [0.3, 0.4) is 0 Å². The second-order valence-electron chi connectivity index (χ2n) is 7.52. The molecule has 1 amide bonds. The SMILES string of the molecule is O=C1CS[C@H](c2c(OCc3ccc(Br)cc3)ccc3ccccc23)N1c1ccc(Cl)cc1. The number of benzene rings is 4. The van der Waals surface area contributed by atoms with Crippen molar-refractivity contribution in [1.82, 2.24) is 0 Å². The summed E-state index contributed by atoms with van der Waals surface area (Å²) in [5.74, 6) is 1.29. The number of halogens is 2. The minimum Gasteiger partial charge on any atom is -0.488 e. The van der Waals surface area contributed by atoms with E-state index in [9.17, 15) is 4.79 Å². The van der Waals surface area contributed by atoms with Gasteiger partial charge in [0.25, 0.3) is 0 Å². The van der Waals surface area contributed by atoms with E-state index in [0.29, 0.717) is 17.4 Å². The number of carbonyl (C=O) groups is 1. The third kappa shape index (κ3) is 4.25. The fraction of sp³-hybridized carbons (Fsp3) is 0.115. The van der Waals surface area contributed by atoms with E-state index in [2.05, 4.69) is 34.1 Å². The second-order valence-corrected chi connectivity index (χ2v) is 9.94. The van der Waals surface area contributed by atoms with E-state index < -0.39 is 0 Å². The maximum Gasteiger partial charge on any atom is 0.238 e. The van der Waals surface area contributed by atoms with Crippen molar-refractivity contribution in [2.75, 3.05) is 10.7 Å².